The number of hydrogen-bond acceptors (Lipinski definition) is 2. The molecule has 2 heterocycles. The summed E-state index contributed by atoms with van der Waals surface area (Å²) >= 11 is 13.8. The van der Waals surface area contributed by atoms with Crippen LogP contribution in [0.4, 0.5) is 0 Å². The molecule has 0 saturated heterocycles. The first-order chi connectivity index (χ1) is 9.29. The zero-order valence-corrected chi connectivity index (χ0v) is 12.5. The highest BCUT2D eigenvalue weighted by Crippen LogP contribution is 2.25. The number of benzene rings is 1. The van der Waals surface area contributed by atoms with Crippen molar-refractivity contribution in [2.24, 2.45) is 0 Å². The molecule has 0 aliphatic rings. The van der Waals surface area contributed by atoms with Crippen molar-refractivity contribution in [3.8, 4) is 0 Å². The molecule has 19 heavy (non-hydrogen) atoms. The van der Waals surface area contributed by atoms with Gasteiger partial charge < -0.3 is 4.57 Å². The van der Waals surface area contributed by atoms with Gasteiger partial charge in [-0.2, -0.15) is 11.3 Å². The van der Waals surface area contributed by atoms with Gasteiger partial charge in [-0.25, -0.2) is 4.98 Å². The monoisotopic (exact) mass is 310 g/mol. The van der Waals surface area contributed by atoms with E-state index >= 15 is 0 Å². The predicted molar refractivity (Wildman–Crippen MR) is 82.6 cm³/mol. The topological polar surface area (TPSA) is 17.8 Å². The van der Waals surface area contributed by atoms with Crippen LogP contribution in [-0.2, 0) is 13.0 Å². The Hall–Kier alpha value is -1.03. The fraction of sp³-hybridized carbons (Fsp3) is 0.214. The molecule has 0 spiro atoms. The molecule has 0 radical (unpaired) electrons. The lowest BCUT2D eigenvalue weighted by atomic mass is 10.3. The molecule has 0 fully saturated rings. The minimum atomic E-state index is 0.560. The molecule has 0 N–H and O–H groups in total. The summed E-state index contributed by atoms with van der Waals surface area (Å²) in [6, 6.07) is 8.01. The Morgan fingerprint density at radius 2 is 2.16 bits per heavy atom. The summed E-state index contributed by atoms with van der Waals surface area (Å²) in [6.45, 7) is 0.812. The minimum absolute atomic E-state index is 0.560. The zero-order valence-electron chi connectivity index (χ0n) is 10.1. The number of nitrogens with zero attached hydrogens (tertiary/aromatic N) is 2. The molecule has 98 valence electrons. The van der Waals surface area contributed by atoms with Crippen LogP contribution in [0.25, 0.3) is 11.0 Å². The van der Waals surface area contributed by atoms with Gasteiger partial charge in [0.15, 0.2) is 0 Å². The maximum atomic E-state index is 6.22. The summed E-state index contributed by atoms with van der Waals surface area (Å²) in [4.78, 5) is 4.63. The second-order valence-electron chi connectivity index (χ2n) is 4.29. The molecular weight excluding hydrogens is 299 g/mol. The van der Waals surface area contributed by atoms with E-state index in [1.54, 1.807) is 11.3 Å². The molecular formula is C14H12Cl2N2S. The van der Waals surface area contributed by atoms with E-state index < -0.39 is 0 Å². The van der Waals surface area contributed by atoms with Crippen LogP contribution < -0.4 is 0 Å². The number of para-hydroxylation sites is 1. The van der Waals surface area contributed by atoms with Crippen molar-refractivity contribution < 1.29 is 0 Å². The smallest absolute Gasteiger partial charge is 0.111 e. The lowest BCUT2D eigenvalue weighted by Crippen LogP contribution is -2.05. The van der Waals surface area contributed by atoms with Gasteiger partial charge in [-0.05, 0) is 34.5 Å². The lowest BCUT2D eigenvalue weighted by molar-refractivity contribution is 0.756. The number of alkyl halides is 1. The third-order valence-electron chi connectivity index (χ3n) is 3.05. The Labute approximate surface area is 125 Å². The first kappa shape index (κ1) is 13.0. The molecule has 5 heteroatoms. The van der Waals surface area contributed by atoms with E-state index in [1.165, 1.54) is 5.56 Å². The zero-order chi connectivity index (χ0) is 13.2. The second-order valence-corrected chi connectivity index (χ2v) is 5.86. The van der Waals surface area contributed by atoms with Crippen LogP contribution in [0.3, 0.4) is 0 Å². The Morgan fingerprint density at radius 1 is 1.26 bits per heavy atom. The van der Waals surface area contributed by atoms with Crippen LogP contribution >= 0.6 is 34.5 Å². The Morgan fingerprint density at radius 3 is 2.89 bits per heavy atom. The van der Waals surface area contributed by atoms with Crippen molar-refractivity contribution in [1.29, 1.82) is 0 Å². The van der Waals surface area contributed by atoms with Gasteiger partial charge in [0.1, 0.15) is 11.3 Å². The van der Waals surface area contributed by atoms with E-state index in [0.717, 1.165) is 29.8 Å². The molecule has 0 bridgehead atoms. The molecule has 0 atom stereocenters. The fourth-order valence-corrected chi connectivity index (χ4v) is 3.22. The van der Waals surface area contributed by atoms with Gasteiger partial charge in [-0.3, -0.25) is 0 Å². The number of halogens is 2. The van der Waals surface area contributed by atoms with Crippen molar-refractivity contribution in [2.45, 2.75) is 13.0 Å². The maximum absolute atomic E-state index is 6.22. The van der Waals surface area contributed by atoms with E-state index in [4.69, 9.17) is 23.2 Å². The highest BCUT2D eigenvalue weighted by molar-refractivity contribution is 7.07. The molecule has 2 nitrogen and oxygen atoms in total. The van der Waals surface area contributed by atoms with Gasteiger partial charge in [-0.1, -0.05) is 17.7 Å². The number of aryl methyl sites for hydroxylation is 1. The van der Waals surface area contributed by atoms with Gasteiger partial charge in [-0.15, -0.1) is 11.6 Å². The molecule has 3 rings (SSSR count). The summed E-state index contributed by atoms with van der Waals surface area (Å²) in [5.41, 5.74) is 3.21. The summed E-state index contributed by atoms with van der Waals surface area (Å²) in [5, 5.41) is 4.93. The van der Waals surface area contributed by atoms with Crippen LogP contribution in [0, 0.1) is 0 Å². The maximum Gasteiger partial charge on any atom is 0.111 e. The van der Waals surface area contributed by atoms with Gasteiger partial charge in [0.05, 0.1) is 17.1 Å². The van der Waals surface area contributed by atoms with E-state index in [9.17, 15) is 0 Å². The molecule has 1 aromatic carbocycles. The minimum Gasteiger partial charge on any atom is -0.323 e. The molecule has 0 amide bonds. The Kier molecular flexibility index (Phi) is 3.78. The number of rotatable bonds is 4. The highest BCUT2D eigenvalue weighted by atomic mass is 35.5. The normalized spacial score (nSPS) is 11.3. The highest BCUT2D eigenvalue weighted by Gasteiger charge is 2.12. The van der Waals surface area contributed by atoms with E-state index in [1.807, 2.05) is 12.1 Å². The van der Waals surface area contributed by atoms with Crippen LogP contribution in [0.5, 0.6) is 0 Å². The second kappa shape index (κ2) is 5.53. The molecule has 0 saturated carbocycles. The standard InChI is InChI=1S/C14H12Cl2N2S/c15-6-4-13-17-14-11(16)2-1-3-12(14)18(13)8-10-5-7-19-9-10/h1-3,5,7,9H,4,6,8H2. The predicted octanol–water partition coefficient (Wildman–Crippen LogP) is 4.58. The summed E-state index contributed by atoms with van der Waals surface area (Å²) < 4.78 is 2.20. The van der Waals surface area contributed by atoms with Gasteiger partial charge in [0.25, 0.3) is 0 Å². The number of thiophene rings is 1. The van der Waals surface area contributed by atoms with Gasteiger partial charge >= 0.3 is 0 Å². The number of hydrogen-bond donors (Lipinski definition) is 0. The van der Waals surface area contributed by atoms with E-state index in [2.05, 4.69) is 32.4 Å². The van der Waals surface area contributed by atoms with Crippen molar-refractivity contribution in [3.05, 3.63) is 51.4 Å². The van der Waals surface area contributed by atoms with E-state index in [-0.39, 0.29) is 0 Å². The Bertz CT molecular complexity index is 689. The first-order valence-electron chi connectivity index (χ1n) is 6.00. The average molecular weight is 311 g/mol. The quantitative estimate of drug-likeness (QED) is 0.645. The van der Waals surface area contributed by atoms with Crippen LogP contribution in [-0.4, -0.2) is 15.4 Å². The third kappa shape index (κ3) is 2.50. The van der Waals surface area contributed by atoms with Crippen molar-refractivity contribution >= 4 is 45.6 Å². The summed E-state index contributed by atoms with van der Waals surface area (Å²) in [6.07, 6.45) is 0.747. The van der Waals surface area contributed by atoms with Crippen molar-refractivity contribution in [2.75, 3.05) is 5.88 Å². The lowest BCUT2D eigenvalue weighted by Gasteiger charge is -2.07. The van der Waals surface area contributed by atoms with Crippen LogP contribution in [0.1, 0.15) is 11.4 Å². The van der Waals surface area contributed by atoms with Crippen molar-refractivity contribution in [3.63, 3.8) is 0 Å². The third-order valence-corrected chi connectivity index (χ3v) is 4.27. The SMILES string of the molecule is ClCCc1nc2c(Cl)cccc2n1Cc1ccsc1. The fourth-order valence-electron chi connectivity index (χ4n) is 2.18. The molecule has 2 aromatic heterocycles. The summed E-state index contributed by atoms with van der Waals surface area (Å²) in [7, 11) is 0. The van der Waals surface area contributed by atoms with Crippen LogP contribution in [0.2, 0.25) is 5.02 Å². The largest absolute Gasteiger partial charge is 0.323 e. The van der Waals surface area contributed by atoms with Crippen molar-refractivity contribution in [1.82, 2.24) is 9.55 Å². The molecule has 0 aliphatic heterocycles. The first-order valence-corrected chi connectivity index (χ1v) is 7.86. The van der Waals surface area contributed by atoms with Gasteiger partial charge in [0, 0.05) is 12.3 Å². The Balaban J connectivity index is 2.13. The molecule has 3 aromatic rings. The number of imidazole rings is 1. The molecule has 0 aliphatic carbocycles. The summed E-state index contributed by atoms with van der Waals surface area (Å²) in [5.74, 6) is 1.55. The van der Waals surface area contributed by atoms with E-state index in [0.29, 0.717) is 10.9 Å². The number of aromatic nitrogens is 2. The molecule has 0 unspecified atom stereocenters. The average Bonchev–Trinajstić information content (AvgIpc) is 3.01. The van der Waals surface area contributed by atoms with Crippen LogP contribution in [0.15, 0.2) is 35.0 Å². The number of fused-ring (bicyclic) bond motifs is 1. The van der Waals surface area contributed by atoms with Gasteiger partial charge in [0.2, 0.25) is 0 Å².